The molecule has 0 saturated heterocycles. The number of aliphatic hydroxyl groups is 1. The second-order valence-electron chi connectivity index (χ2n) is 4.30. The Morgan fingerprint density at radius 2 is 2.06 bits per heavy atom. The summed E-state index contributed by atoms with van der Waals surface area (Å²) in [6.45, 7) is 1.59. The van der Waals surface area contributed by atoms with Gasteiger partial charge in [0.05, 0.1) is 12.1 Å². The average Bonchev–Trinajstić information content (AvgIpc) is 2.65. The van der Waals surface area contributed by atoms with Gasteiger partial charge in [-0.15, -0.1) is 0 Å². The van der Waals surface area contributed by atoms with Crippen molar-refractivity contribution in [3.05, 3.63) is 29.3 Å². The van der Waals surface area contributed by atoms with E-state index in [1.165, 1.54) is 12.1 Å². The molecule has 1 aliphatic rings. The number of hydrogen-bond donors (Lipinski definition) is 2. The highest BCUT2D eigenvalue weighted by molar-refractivity contribution is 5.50. The van der Waals surface area contributed by atoms with Gasteiger partial charge < -0.3 is 10.4 Å². The lowest BCUT2D eigenvalue weighted by Gasteiger charge is -2.19. The fourth-order valence-corrected chi connectivity index (χ4v) is 2.08. The molecule has 1 aromatic rings. The van der Waals surface area contributed by atoms with Crippen LogP contribution in [-0.2, 0) is 0 Å². The molecule has 4 heteroatoms. The van der Waals surface area contributed by atoms with Crippen molar-refractivity contribution in [2.45, 2.75) is 38.3 Å². The van der Waals surface area contributed by atoms with Gasteiger partial charge in [0, 0.05) is 0 Å². The summed E-state index contributed by atoms with van der Waals surface area (Å²) < 4.78 is 27.1. The fraction of sp³-hybridized carbons (Fsp3) is 0.500. The summed E-state index contributed by atoms with van der Waals surface area (Å²) in [6.07, 6.45) is 1.80. The van der Waals surface area contributed by atoms with Crippen LogP contribution in [0.1, 0.15) is 24.8 Å². The number of benzene rings is 1. The molecule has 0 unspecified atom stereocenters. The van der Waals surface area contributed by atoms with Crippen molar-refractivity contribution < 1.29 is 13.9 Å². The molecule has 16 heavy (non-hydrogen) atoms. The Kier molecular flexibility index (Phi) is 3.10. The topological polar surface area (TPSA) is 32.3 Å². The summed E-state index contributed by atoms with van der Waals surface area (Å²) in [7, 11) is 0. The summed E-state index contributed by atoms with van der Waals surface area (Å²) in [4.78, 5) is 0. The Morgan fingerprint density at radius 3 is 2.69 bits per heavy atom. The quantitative estimate of drug-likeness (QED) is 0.814. The molecule has 2 atom stereocenters. The molecule has 88 valence electrons. The van der Waals surface area contributed by atoms with Gasteiger partial charge in [0.1, 0.15) is 11.5 Å². The smallest absolute Gasteiger partial charge is 0.152 e. The SMILES string of the molecule is Cc1ccc(F)c(N[C@@H]2CCC[C@H]2O)c1F. The molecule has 2 nitrogen and oxygen atoms in total. The van der Waals surface area contributed by atoms with Gasteiger partial charge in [0.2, 0.25) is 0 Å². The second kappa shape index (κ2) is 4.37. The minimum Gasteiger partial charge on any atom is -0.391 e. The molecule has 0 aromatic heterocycles. The minimum absolute atomic E-state index is 0.119. The predicted octanol–water partition coefficient (Wildman–Crippen LogP) is 2.60. The highest BCUT2D eigenvalue weighted by atomic mass is 19.1. The third-order valence-corrected chi connectivity index (χ3v) is 3.09. The normalized spacial score (nSPS) is 24.8. The number of aliphatic hydroxyl groups excluding tert-OH is 1. The van der Waals surface area contributed by atoms with Crippen LogP contribution in [-0.4, -0.2) is 17.3 Å². The van der Waals surface area contributed by atoms with Gasteiger partial charge in [-0.25, -0.2) is 8.78 Å². The predicted molar refractivity (Wildman–Crippen MR) is 58.4 cm³/mol. The first-order valence-corrected chi connectivity index (χ1v) is 5.49. The van der Waals surface area contributed by atoms with E-state index in [-0.39, 0.29) is 11.7 Å². The van der Waals surface area contributed by atoms with Crippen LogP contribution in [0.15, 0.2) is 12.1 Å². The third-order valence-electron chi connectivity index (χ3n) is 3.09. The largest absolute Gasteiger partial charge is 0.391 e. The van der Waals surface area contributed by atoms with Crippen molar-refractivity contribution >= 4 is 5.69 Å². The van der Waals surface area contributed by atoms with Crippen molar-refractivity contribution in [3.8, 4) is 0 Å². The van der Waals surface area contributed by atoms with Crippen molar-refractivity contribution in [1.82, 2.24) is 0 Å². The Bertz CT molecular complexity index is 395. The van der Waals surface area contributed by atoms with Crippen molar-refractivity contribution in [2.75, 3.05) is 5.32 Å². The maximum atomic E-state index is 13.7. The van der Waals surface area contributed by atoms with Crippen LogP contribution in [0, 0.1) is 18.6 Å². The van der Waals surface area contributed by atoms with E-state index in [4.69, 9.17) is 0 Å². The van der Waals surface area contributed by atoms with E-state index >= 15 is 0 Å². The van der Waals surface area contributed by atoms with E-state index in [9.17, 15) is 13.9 Å². The van der Waals surface area contributed by atoms with Crippen LogP contribution in [0.5, 0.6) is 0 Å². The van der Waals surface area contributed by atoms with Crippen molar-refractivity contribution in [3.63, 3.8) is 0 Å². The fourth-order valence-electron chi connectivity index (χ4n) is 2.08. The summed E-state index contributed by atoms with van der Waals surface area (Å²) in [5.41, 5.74) is 0.280. The molecule has 2 rings (SSSR count). The first-order chi connectivity index (χ1) is 7.59. The van der Waals surface area contributed by atoms with Gasteiger partial charge in [0.15, 0.2) is 5.82 Å². The van der Waals surface area contributed by atoms with E-state index in [0.717, 1.165) is 12.8 Å². The Morgan fingerprint density at radius 1 is 1.31 bits per heavy atom. The number of rotatable bonds is 2. The zero-order valence-corrected chi connectivity index (χ0v) is 9.13. The first-order valence-electron chi connectivity index (χ1n) is 5.49. The summed E-state index contributed by atoms with van der Waals surface area (Å²) in [6, 6.07) is 2.40. The van der Waals surface area contributed by atoms with Gasteiger partial charge in [-0.05, 0) is 37.8 Å². The number of nitrogens with one attached hydrogen (secondary N) is 1. The molecule has 1 saturated carbocycles. The highest BCUT2D eigenvalue weighted by Gasteiger charge is 2.26. The van der Waals surface area contributed by atoms with E-state index < -0.39 is 17.7 Å². The molecule has 0 heterocycles. The summed E-state index contributed by atoms with van der Waals surface area (Å²) in [5, 5.41) is 12.4. The van der Waals surface area contributed by atoms with Crippen molar-refractivity contribution in [2.24, 2.45) is 0 Å². The molecule has 1 fully saturated rings. The van der Waals surface area contributed by atoms with E-state index in [0.29, 0.717) is 12.0 Å². The third kappa shape index (κ3) is 2.02. The lowest BCUT2D eigenvalue weighted by atomic mass is 10.1. The maximum absolute atomic E-state index is 13.7. The van der Waals surface area contributed by atoms with Crippen LogP contribution in [0.25, 0.3) is 0 Å². The zero-order valence-electron chi connectivity index (χ0n) is 9.13. The number of aryl methyl sites for hydroxylation is 1. The Labute approximate surface area is 93.3 Å². The standard InChI is InChI=1S/C12H15F2NO/c1-7-5-6-8(13)12(11(7)14)15-9-3-2-4-10(9)16/h5-6,9-10,15-16H,2-4H2,1H3/t9-,10-/m1/s1. The maximum Gasteiger partial charge on any atom is 0.152 e. The Hall–Kier alpha value is -1.16. The van der Waals surface area contributed by atoms with E-state index in [2.05, 4.69) is 5.32 Å². The Balaban J connectivity index is 2.23. The second-order valence-corrected chi connectivity index (χ2v) is 4.30. The molecule has 0 bridgehead atoms. The monoisotopic (exact) mass is 227 g/mol. The number of hydrogen-bond acceptors (Lipinski definition) is 2. The average molecular weight is 227 g/mol. The van der Waals surface area contributed by atoms with Gasteiger partial charge >= 0.3 is 0 Å². The summed E-state index contributed by atoms with van der Waals surface area (Å²) >= 11 is 0. The van der Waals surface area contributed by atoms with Crippen LogP contribution in [0.2, 0.25) is 0 Å². The van der Waals surface area contributed by atoms with Crippen LogP contribution in [0.3, 0.4) is 0 Å². The molecule has 2 N–H and O–H groups in total. The van der Waals surface area contributed by atoms with Crippen LogP contribution >= 0.6 is 0 Å². The van der Waals surface area contributed by atoms with Crippen LogP contribution in [0.4, 0.5) is 14.5 Å². The summed E-state index contributed by atoms with van der Waals surface area (Å²) in [5.74, 6) is -1.18. The van der Waals surface area contributed by atoms with Gasteiger partial charge in [-0.1, -0.05) is 6.07 Å². The molecular formula is C12H15F2NO. The lowest BCUT2D eigenvalue weighted by Crippen LogP contribution is -2.29. The van der Waals surface area contributed by atoms with Gasteiger partial charge in [-0.3, -0.25) is 0 Å². The lowest BCUT2D eigenvalue weighted by molar-refractivity contribution is 0.171. The van der Waals surface area contributed by atoms with Crippen LogP contribution < -0.4 is 5.32 Å². The highest BCUT2D eigenvalue weighted by Crippen LogP contribution is 2.27. The molecule has 0 spiro atoms. The first kappa shape index (κ1) is 11.3. The molecule has 1 aliphatic carbocycles. The molecular weight excluding hydrogens is 212 g/mol. The van der Waals surface area contributed by atoms with Crippen molar-refractivity contribution in [1.29, 1.82) is 0 Å². The van der Waals surface area contributed by atoms with Gasteiger partial charge in [0.25, 0.3) is 0 Å². The van der Waals surface area contributed by atoms with Gasteiger partial charge in [-0.2, -0.15) is 0 Å². The zero-order chi connectivity index (χ0) is 11.7. The molecule has 0 amide bonds. The molecule has 0 radical (unpaired) electrons. The number of anilines is 1. The molecule has 1 aromatic carbocycles. The molecule has 0 aliphatic heterocycles. The number of halogens is 2. The van der Waals surface area contributed by atoms with E-state index in [1.807, 2.05) is 0 Å². The minimum atomic E-state index is -0.609. The van der Waals surface area contributed by atoms with E-state index in [1.54, 1.807) is 6.92 Å².